The van der Waals surface area contributed by atoms with Crippen LogP contribution in [0.3, 0.4) is 0 Å². The fourth-order valence-electron chi connectivity index (χ4n) is 2.99. The van der Waals surface area contributed by atoms with Gasteiger partial charge in [-0.15, -0.1) is 0 Å². The molecule has 2 heterocycles. The lowest BCUT2D eigenvalue weighted by molar-refractivity contribution is -0.138. The third-order valence-corrected chi connectivity index (χ3v) is 5.82. The molecule has 2 aromatic carbocycles. The van der Waals surface area contributed by atoms with Gasteiger partial charge < -0.3 is 8.92 Å². The van der Waals surface area contributed by atoms with Crippen molar-refractivity contribution in [3.05, 3.63) is 90.3 Å². The second kappa shape index (κ2) is 7.72. The van der Waals surface area contributed by atoms with Gasteiger partial charge in [0.1, 0.15) is 4.90 Å². The minimum Gasteiger partial charge on any atom is -0.405 e. The van der Waals surface area contributed by atoms with Crippen molar-refractivity contribution in [1.82, 2.24) is 4.98 Å². The molecule has 1 unspecified atom stereocenters. The van der Waals surface area contributed by atoms with Crippen molar-refractivity contribution in [1.29, 1.82) is 0 Å². The number of nitrogens with zero attached hydrogens (tertiary/aromatic N) is 2. The first-order chi connectivity index (χ1) is 14.4. The Morgan fingerprint density at radius 3 is 2.27 bits per heavy atom. The van der Waals surface area contributed by atoms with Crippen molar-refractivity contribution < 1.29 is 22.1 Å². The van der Waals surface area contributed by atoms with Crippen molar-refractivity contribution in [2.24, 2.45) is 4.99 Å². The Bertz CT molecular complexity index is 1190. The maximum Gasteiger partial charge on any atom is 0.341 e. The third kappa shape index (κ3) is 4.08. The molecule has 3 aromatic rings. The van der Waals surface area contributed by atoms with Crippen LogP contribution in [0.25, 0.3) is 0 Å². The lowest BCUT2D eigenvalue weighted by atomic mass is 9.97. The zero-order valence-electron chi connectivity index (χ0n) is 16.1. The second-order valence-corrected chi connectivity index (χ2v) is 8.51. The van der Waals surface area contributed by atoms with Gasteiger partial charge in [-0.05, 0) is 43.3 Å². The van der Waals surface area contributed by atoms with Gasteiger partial charge in [0, 0.05) is 17.7 Å². The molecule has 0 fully saturated rings. The average Bonchev–Trinajstić information content (AvgIpc) is 3.05. The quantitative estimate of drug-likeness (QED) is 0.447. The van der Waals surface area contributed by atoms with E-state index < -0.39 is 21.6 Å². The number of pyridine rings is 1. The molecule has 1 aliphatic rings. The number of cyclic esters (lactones) is 1. The van der Waals surface area contributed by atoms with Crippen LogP contribution >= 0.6 is 0 Å². The van der Waals surface area contributed by atoms with Crippen LogP contribution < -0.4 is 4.18 Å². The SMILES string of the molecule is CC1(Cc2ccc(OS(=O)(=O)c3ccccc3)cn2)N=C(c2ccccc2)OC1=O. The molecule has 152 valence electrons. The highest BCUT2D eigenvalue weighted by Crippen LogP contribution is 2.27. The number of aliphatic imine (C=N–C) groups is 1. The lowest BCUT2D eigenvalue weighted by Crippen LogP contribution is -2.32. The summed E-state index contributed by atoms with van der Waals surface area (Å²) in [6.07, 6.45) is 1.51. The summed E-state index contributed by atoms with van der Waals surface area (Å²) in [5.74, 6) is -0.109. The predicted molar refractivity (Wildman–Crippen MR) is 110 cm³/mol. The molecule has 4 rings (SSSR count). The van der Waals surface area contributed by atoms with Gasteiger partial charge in [0.2, 0.25) is 5.90 Å². The van der Waals surface area contributed by atoms with Gasteiger partial charge in [-0.25, -0.2) is 9.79 Å². The molecule has 0 saturated heterocycles. The molecule has 8 heteroatoms. The summed E-state index contributed by atoms with van der Waals surface area (Å²) >= 11 is 0. The van der Waals surface area contributed by atoms with Gasteiger partial charge in [0.05, 0.1) is 6.20 Å². The van der Waals surface area contributed by atoms with E-state index in [9.17, 15) is 13.2 Å². The maximum atomic E-state index is 12.4. The number of rotatable bonds is 6. The Hall–Kier alpha value is -3.52. The first kappa shape index (κ1) is 19.8. The Balaban J connectivity index is 1.50. The molecular weight excluding hydrogens is 404 g/mol. The molecule has 0 aliphatic carbocycles. The van der Waals surface area contributed by atoms with Crippen LogP contribution in [-0.4, -0.2) is 30.8 Å². The van der Waals surface area contributed by atoms with Crippen molar-refractivity contribution in [3.8, 4) is 5.75 Å². The van der Waals surface area contributed by atoms with Gasteiger partial charge in [-0.1, -0.05) is 36.4 Å². The summed E-state index contributed by atoms with van der Waals surface area (Å²) in [6.45, 7) is 1.68. The standard InChI is InChI=1S/C22H18N2O5S/c1-22(21(25)28-20(24-22)16-8-4-2-5-9-16)14-17-12-13-18(15-23-17)29-30(26,27)19-10-6-3-7-11-19/h2-13,15H,14H2,1H3. The number of carbonyl (C=O) groups is 1. The Morgan fingerprint density at radius 2 is 1.63 bits per heavy atom. The van der Waals surface area contributed by atoms with E-state index in [2.05, 4.69) is 9.98 Å². The predicted octanol–water partition coefficient (Wildman–Crippen LogP) is 3.15. The third-order valence-electron chi connectivity index (χ3n) is 4.56. The van der Waals surface area contributed by atoms with E-state index in [0.29, 0.717) is 5.69 Å². The first-order valence-electron chi connectivity index (χ1n) is 9.18. The van der Waals surface area contributed by atoms with Crippen LogP contribution in [0, 0.1) is 0 Å². The number of aromatic nitrogens is 1. The Labute approximate surface area is 174 Å². The van der Waals surface area contributed by atoms with Crippen LogP contribution in [0.15, 0.2) is 88.9 Å². The van der Waals surface area contributed by atoms with Gasteiger partial charge in [-0.3, -0.25) is 4.98 Å². The number of hydrogen-bond donors (Lipinski definition) is 0. The zero-order chi connectivity index (χ0) is 21.2. The Morgan fingerprint density at radius 1 is 0.967 bits per heavy atom. The molecule has 30 heavy (non-hydrogen) atoms. The number of esters is 1. The van der Waals surface area contributed by atoms with Crippen LogP contribution in [0.4, 0.5) is 0 Å². The highest BCUT2D eigenvalue weighted by Gasteiger charge is 2.42. The molecule has 0 saturated carbocycles. The van der Waals surface area contributed by atoms with Gasteiger partial charge in [0.25, 0.3) is 0 Å². The lowest BCUT2D eigenvalue weighted by Gasteiger charge is -2.15. The summed E-state index contributed by atoms with van der Waals surface area (Å²) in [7, 11) is -3.94. The summed E-state index contributed by atoms with van der Waals surface area (Å²) in [6, 6.07) is 20.1. The molecule has 0 radical (unpaired) electrons. The first-order valence-corrected chi connectivity index (χ1v) is 10.6. The minimum atomic E-state index is -3.94. The van der Waals surface area contributed by atoms with E-state index in [0.717, 1.165) is 5.56 Å². The van der Waals surface area contributed by atoms with Crippen molar-refractivity contribution in [2.45, 2.75) is 23.8 Å². The van der Waals surface area contributed by atoms with Crippen LogP contribution in [0.2, 0.25) is 0 Å². The van der Waals surface area contributed by atoms with E-state index in [1.54, 1.807) is 31.2 Å². The summed E-state index contributed by atoms with van der Waals surface area (Å²) in [4.78, 5) is 21.2. The largest absolute Gasteiger partial charge is 0.405 e. The number of benzene rings is 2. The van der Waals surface area contributed by atoms with E-state index in [-0.39, 0.29) is 23.0 Å². The van der Waals surface area contributed by atoms with Crippen molar-refractivity contribution in [2.75, 3.05) is 0 Å². The zero-order valence-corrected chi connectivity index (χ0v) is 16.9. The van der Waals surface area contributed by atoms with Gasteiger partial charge in [0.15, 0.2) is 11.3 Å². The highest BCUT2D eigenvalue weighted by molar-refractivity contribution is 7.87. The number of carbonyl (C=O) groups excluding carboxylic acids is 1. The van der Waals surface area contributed by atoms with E-state index in [1.807, 2.05) is 30.3 Å². The maximum absolute atomic E-state index is 12.4. The fourth-order valence-corrected chi connectivity index (χ4v) is 3.92. The van der Waals surface area contributed by atoms with E-state index >= 15 is 0 Å². The topological polar surface area (TPSA) is 94.9 Å². The van der Waals surface area contributed by atoms with Crippen molar-refractivity contribution in [3.63, 3.8) is 0 Å². The van der Waals surface area contributed by atoms with E-state index in [4.69, 9.17) is 8.92 Å². The van der Waals surface area contributed by atoms with E-state index in [1.165, 1.54) is 24.4 Å². The van der Waals surface area contributed by atoms with Gasteiger partial charge >= 0.3 is 16.1 Å². The summed E-state index contributed by atoms with van der Waals surface area (Å²) in [5, 5.41) is 0. The molecular formula is C22H18N2O5S. The molecule has 7 nitrogen and oxygen atoms in total. The minimum absolute atomic E-state index is 0.0538. The van der Waals surface area contributed by atoms with Crippen LogP contribution in [0.5, 0.6) is 5.75 Å². The molecule has 0 N–H and O–H groups in total. The highest BCUT2D eigenvalue weighted by atomic mass is 32.2. The van der Waals surface area contributed by atoms with Gasteiger partial charge in [-0.2, -0.15) is 8.42 Å². The number of hydrogen-bond acceptors (Lipinski definition) is 7. The number of ether oxygens (including phenoxy) is 1. The van der Waals surface area contributed by atoms with Crippen LogP contribution in [0.1, 0.15) is 18.2 Å². The average molecular weight is 422 g/mol. The second-order valence-electron chi connectivity index (χ2n) is 6.96. The summed E-state index contributed by atoms with van der Waals surface area (Å²) < 4.78 is 35.1. The smallest absolute Gasteiger partial charge is 0.341 e. The molecule has 1 aliphatic heterocycles. The fraction of sp³-hybridized carbons (Fsp3) is 0.136. The molecule has 1 atom stereocenters. The summed E-state index contributed by atoms with van der Waals surface area (Å²) in [5.41, 5.74) is 0.158. The molecule has 0 amide bonds. The monoisotopic (exact) mass is 422 g/mol. The Kier molecular flexibility index (Phi) is 5.09. The normalized spacial score (nSPS) is 18.6. The molecule has 0 spiro atoms. The molecule has 1 aromatic heterocycles. The van der Waals surface area contributed by atoms with Crippen molar-refractivity contribution >= 4 is 22.0 Å². The molecule has 0 bridgehead atoms. The van der Waals surface area contributed by atoms with Crippen LogP contribution in [-0.2, 0) is 26.1 Å².